The van der Waals surface area contributed by atoms with Gasteiger partial charge in [0, 0.05) is 17.9 Å². The predicted molar refractivity (Wildman–Crippen MR) is 71.4 cm³/mol. The molecule has 2 aliphatic rings. The van der Waals surface area contributed by atoms with Crippen LogP contribution in [0.15, 0.2) is 18.3 Å². The fourth-order valence-electron chi connectivity index (χ4n) is 2.56. The van der Waals surface area contributed by atoms with Crippen molar-refractivity contribution >= 4 is 7.12 Å². The summed E-state index contributed by atoms with van der Waals surface area (Å²) in [5.74, 6) is 0.105. The van der Waals surface area contributed by atoms with Crippen molar-refractivity contribution in [3.05, 3.63) is 29.8 Å². The maximum Gasteiger partial charge on any atom is 0.461 e. The number of rotatable bonds is 2. The molecule has 0 radical (unpaired) electrons. The van der Waals surface area contributed by atoms with Gasteiger partial charge in [-0.1, -0.05) is 0 Å². The van der Waals surface area contributed by atoms with Crippen LogP contribution in [0.4, 0.5) is 4.39 Å². The Morgan fingerprint density at radius 3 is 2.47 bits per heavy atom. The fraction of sp³-hybridized carbons (Fsp3) is 0.643. The largest absolute Gasteiger partial charge is 0.461 e. The van der Waals surface area contributed by atoms with Crippen LogP contribution in [0.2, 0.25) is 5.82 Å². The molecule has 1 aromatic heterocycles. The maximum atomic E-state index is 13.7. The number of pyridine rings is 1. The molecule has 1 saturated heterocycles. The predicted octanol–water partition coefficient (Wildman–Crippen LogP) is 3.17. The Hall–Kier alpha value is -0.935. The molecule has 0 bridgehead atoms. The van der Waals surface area contributed by atoms with E-state index < -0.39 is 0 Å². The molecule has 1 aliphatic carbocycles. The van der Waals surface area contributed by atoms with Crippen molar-refractivity contribution in [2.75, 3.05) is 0 Å². The lowest BCUT2D eigenvalue weighted by Gasteiger charge is -2.32. The van der Waals surface area contributed by atoms with Gasteiger partial charge in [0.25, 0.3) is 0 Å². The molecule has 102 valence electrons. The average molecular weight is 263 g/mol. The summed E-state index contributed by atoms with van der Waals surface area (Å²) in [6.45, 7) is 8.13. The van der Waals surface area contributed by atoms with Gasteiger partial charge >= 0.3 is 7.12 Å². The zero-order valence-corrected chi connectivity index (χ0v) is 11.8. The van der Waals surface area contributed by atoms with Crippen molar-refractivity contribution in [1.29, 1.82) is 0 Å². The third-order valence-corrected chi connectivity index (χ3v) is 4.60. The minimum Gasteiger partial charge on any atom is -0.403 e. The van der Waals surface area contributed by atoms with Crippen molar-refractivity contribution < 1.29 is 13.7 Å². The summed E-state index contributed by atoms with van der Waals surface area (Å²) in [7, 11) is -0.253. The lowest BCUT2D eigenvalue weighted by Crippen LogP contribution is -2.41. The second-order valence-electron chi connectivity index (χ2n) is 6.50. The summed E-state index contributed by atoms with van der Waals surface area (Å²) in [4.78, 5) is 4.15. The first-order valence-corrected chi connectivity index (χ1v) is 6.78. The van der Waals surface area contributed by atoms with E-state index in [0.29, 0.717) is 5.69 Å². The van der Waals surface area contributed by atoms with Crippen LogP contribution >= 0.6 is 0 Å². The molecule has 5 heteroatoms. The van der Waals surface area contributed by atoms with Gasteiger partial charge in [0.2, 0.25) is 0 Å². The third kappa shape index (κ3) is 2.09. The van der Waals surface area contributed by atoms with E-state index >= 15 is 0 Å². The normalized spacial score (nSPS) is 31.5. The lowest BCUT2D eigenvalue weighted by atomic mass is 9.80. The van der Waals surface area contributed by atoms with Crippen LogP contribution in [0, 0.1) is 5.82 Å². The van der Waals surface area contributed by atoms with Crippen molar-refractivity contribution in [1.82, 2.24) is 4.98 Å². The summed E-state index contributed by atoms with van der Waals surface area (Å²) in [6, 6.07) is 3.08. The SMILES string of the molecule is CC1(C)OB([C@H]2C[C@@H]2c2ncccc2F)OC1(C)C. The van der Waals surface area contributed by atoms with Gasteiger partial charge in [-0.25, -0.2) is 4.39 Å². The van der Waals surface area contributed by atoms with Crippen molar-refractivity contribution in [2.24, 2.45) is 0 Å². The van der Waals surface area contributed by atoms with Gasteiger partial charge in [0.15, 0.2) is 0 Å². The van der Waals surface area contributed by atoms with Crippen LogP contribution in [0.5, 0.6) is 0 Å². The summed E-state index contributed by atoms with van der Waals surface area (Å²) in [6.07, 6.45) is 2.52. The molecule has 2 fully saturated rings. The van der Waals surface area contributed by atoms with E-state index in [4.69, 9.17) is 9.31 Å². The molecule has 0 unspecified atom stereocenters. The van der Waals surface area contributed by atoms with Gasteiger partial charge < -0.3 is 9.31 Å². The summed E-state index contributed by atoms with van der Waals surface area (Å²) < 4.78 is 25.7. The minimum atomic E-state index is -0.326. The Balaban J connectivity index is 1.74. The summed E-state index contributed by atoms with van der Waals surface area (Å²) in [5.41, 5.74) is -0.108. The minimum absolute atomic E-state index is 0.121. The molecule has 0 N–H and O–H groups in total. The van der Waals surface area contributed by atoms with Crippen LogP contribution in [0.3, 0.4) is 0 Å². The molecule has 2 heterocycles. The van der Waals surface area contributed by atoms with Gasteiger partial charge in [0.1, 0.15) is 5.82 Å². The highest BCUT2D eigenvalue weighted by Crippen LogP contribution is 2.58. The molecule has 0 spiro atoms. The number of hydrogen-bond acceptors (Lipinski definition) is 3. The van der Waals surface area contributed by atoms with Gasteiger partial charge in [-0.2, -0.15) is 0 Å². The van der Waals surface area contributed by atoms with Crippen LogP contribution in [-0.4, -0.2) is 23.3 Å². The molecule has 2 atom stereocenters. The molecular weight excluding hydrogens is 244 g/mol. The highest BCUT2D eigenvalue weighted by atomic mass is 19.1. The van der Waals surface area contributed by atoms with E-state index in [2.05, 4.69) is 4.98 Å². The fourth-order valence-corrected chi connectivity index (χ4v) is 2.56. The topological polar surface area (TPSA) is 31.4 Å². The van der Waals surface area contributed by atoms with Gasteiger partial charge in [-0.3, -0.25) is 4.98 Å². The number of hydrogen-bond donors (Lipinski definition) is 0. The number of halogens is 1. The molecule has 3 nitrogen and oxygen atoms in total. The monoisotopic (exact) mass is 263 g/mol. The van der Waals surface area contributed by atoms with Crippen LogP contribution in [-0.2, 0) is 9.31 Å². The molecular formula is C14H19BFNO2. The van der Waals surface area contributed by atoms with Crippen molar-refractivity contribution in [3.8, 4) is 0 Å². The molecule has 3 rings (SSSR count). The Kier molecular flexibility index (Phi) is 2.77. The quantitative estimate of drug-likeness (QED) is 0.768. The lowest BCUT2D eigenvalue weighted by molar-refractivity contribution is 0.00578. The molecule has 19 heavy (non-hydrogen) atoms. The van der Waals surface area contributed by atoms with Gasteiger partial charge in [-0.05, 0) is 46.2 Å². The highest BCUT2D eigenvalue weighted by Gasteiger charge is 2.60. The zero-order chi connectivity index (χ0) is 13.8. The van der Waals surface area contributed by atoms with Crippen molar-refractivity contribution in [2.45, 2.75) is 57.1 Å². The molecule has 1 aromatic rings. The van der Waals surface area contributed by atoms with E-state index in [1.807, 2.05) is 27.7 Å². The second-order valence-corrected chi connectivity index (χ2v) is 6.50. The Bertz CT molecular complexity index is 490. The van der Waals surface area contributed by atoms with E-state index in [1.165, 1.54) is 6.07 Å². The van der Waals surface area contributed by atoms with Crippen LogP contribution in [0.1, 0.15) is 45.7 Å². The van der Waals surface area contributed by atoms with E-state index in [-0.39, 0.29) is 35.9 Å². The Labute approximate surface area is 113 Å². The first-order valence-electron chi connectivity index (χ1n) is 6.78. The van der Waals surface area contributed by atoms with E-state index in [1.54, 1.807) is 12.3 Å². The first-order chi connectivity index (χ1) is 8.82. The Morgan fingerprint density at radius 2 is 1.89 bits per heavy atom. The number of nitrogens with zero attached hydrogens (tertiary/aromatic N) is 1. The van der Waals surface area contributed by atoms with Crippen LogP contribution in [0.25, 0.3) is 0 Å². The van der Waals surface area contributed by atoms with E-state index in [9.17, 15) is 4.39 Å². The summed E-state index contributed by atoms with van der Waals surface area (Å²) in [5, 5.41) is 0. The molecule has 0 aromatic carbocycles. The Morgan fingerprint density at radius 1 is 1.26 bits per heavy atom. The molecule has 1 aliphatic heterocycles. The van der Waals surface area contributed by atoms with Crippen molar-refractivity contribution in [3.63, 3.8) is 0 Å². The van der Waals surface area contributed by atoms with E-state index in [0.717, 1.165) is 6.42 Å². The molecule has 1 saturated carbocycles. The molecule has 0 amide bonds. The first kappa shape index (κ1) is 13.1. The van der Waals surface area contributed by atoms with Gasteiger partial charge in [-0.15, -0.1) is 0 Å². The third-order valence-electron chi connectivity index (χ3n) is 4.60. The smallest absolute Gasteiger partial charge is 0.403 e. The average Bonchev–Trinajstić information content (AvgIpc) is 3.03. The standard InChI is InChI=1S/C14H19BFNO2/c1-13(2)14(3,4)19-15(18-13)10-8-9(10)12-11(16)6-5-7-17-12/h5-7,9-10H,8H2,1-4H3/t9-,10-/m0/s1. The number of aromatic nitrogens is 1. The maximum absolute atomic E-state index is 13.7. The summed E-state index contributed by atoms with van der Waals surface area (Å²) >= 11 is 0. The van der Waals surface area contributed by atoms with Gasteiger partial charge in [0.05, 0.1) is 16.9 Å². The highest BCUT2D eigenvalue weighted by molar-refractivity contribution is 6.49. The van der Waals surface area contributed by atoms with Crippen LogP contribution < -0.4 is 0 Å². The second kappa shape index (κ2) is 4.03. The zero-order valence-electron chi connectivity index (χ0n) is 11.8.